The molecule has 3 nitrogen and oxygen atoms in total. The number of benzene rings is 1. The van der Waals surface area contributed by atoms with Gasteiger partial charge in [-0.1, -0.05) is 32.0 Å². The number of H-pyrrole nitrogens is 1. The van der Waals surface area contributed by atoms with Crippen LogP contribution in [-0.2, 0) is 12.8 Å². The maximum atomic E-state index is 11.7. The Hall–Kier alpha value is -1.77. The van der Waals surface area contributed by atoms with E-state index in [9.17, 15) is 4.79 Å². The predicted octanol–water partition coefficient (Wildman–Crippen LogP) is 2.29. The van der Waals surface area contributed by atoms with Crippen LogP contribution >= 0.6 is 0 Å². The molecule has 0 aliphatic heterocycles. The van der Waals surface area contributed by atoms with Gasteiger partial charge in [0.25, 0.3) is 0 Å². The molecule has 0 amide bonds. The molecule has 1 N–H and O–H groups in total. The van der Waals surface area contributed by atoms with Gasteiger partial charge in [0.05, 0.1) is 5.69 Å². The van der Waals surface area contributed by atoms with Crippen molar-refractivity contribution >= 4 is 0 Å². The third-order valence-corrected chi connectivity index (χ3v) is 2.86. The van der Waals surface area contributed by atoms with E-state index in [1.54, 1.807) is 17.0 Å². The average molecular weight is 216 g/mol. The van der Waals surface area contributed by atoms with E-state index in [0.29, 0.717) is 0 Å². The number of aromatic amines is 1. The molecule has 1 heterocycles. The topological polar surface area (TPSA) is 37.8 Å². The molecule has 0 saturated heterocycles. The Kier molecular flexibility index (Phi) is 2.95. The van der Waals surface area contributed by atoms with Crippen molar-refractivity contribution in [1.29, 1.82) is 0 Å². The van der Waals surface area contributed by atoms with Gasteiger partial charge in [0, 0.05) is 12.4 Å². The third kappa shape index (κ3) is 1.69. The van der Waals surface area contributed by atoms with E-state index in [1.807, 2.05) is 0 Å². The zero-order chi connectivity index (χ0) is 11.5. The van der Waals surface area contributed by atoms with Crippen LogP contribution in [0.2, 0.25) is 0 Å². The third-order valence-electron chi connectivity index (χ3n) is 2.86. The number of nitrogens with zero attached hydrogens (tertiary/aromatic N) is 1. The van der Waals surface area contributed by atoms with Gasteiger partial charge in [-0.25, -0.2) is 4.79 Å². The van der Waals surface area contributed by atoms with E-state index in [1.165, 1.54) is 11.1 Å². The summed E-state index contributed by atoms with van der Waals surface area (Å²) in [7, 11) is 0. The lowest BCUT2D eigenvalue weighted by Gasteiger charge is -2.12. The predicted molar refractivity (Wildman–Crippen MR) is 65.1 cm³/mol. The lowest BCUT2D eigenvalue weighted by Crippen LogP contribution is -2.17. The van der Waals surface area contributed by atoms with Gasteiger partial charge in [0.2, 0.25) is 0 Å². The SMILES string of the molecule is CCc1cccc(CC)c1-n1cc[nH]c1=O. The molecule has 0 saturated carbocycles. The summed E-state index contributed by atoms with van der Waals surface area (Å²) in [5, 5.41) is 0. The first-order valence-corrected chi connectivity index (χ1v) is 5.65. The van der Waals surface area contributed by atoms with Gasteiger partial charge in [-0.05, 0) is 24.0 Å². The summed E-state index contributed by atoms with van der Waals surface area (Å²) in [6, 6.07) is 6.21. The van der Waals surface area contributed by atoms with Crippen LogP contribution in [0.15, 0.2) is 35.4 Å². The summed E-state index contributed by atoms with van der Waals surface area (Å²) in [6.07, 6.45) is 5.33. The van der Waals surface area contributed by atoms with Crippen LogP contribution < -0.4 is 5.69 Å². The Morgan fingerprint density at radius 1 is 1.19 bits per heavy atom. The average Bonchev–Trinajstić information content (AvgIpc) is 2.74. The van der Waals surface area contributed by atoms with Crippen molar-refractivity contribution in [3.63, 3.8) is 0 Å². The fraction of sp³-hybridized carbons (Fsp3) is 0.308. The first-order chi connectivity index (χ1) is 7.77. The minimum Gasteiger partial charge on any atom is -0.312 e. The molecule has 0 bridgehead atoms. The summed E-state index contributed by atoms with van der Waals surface area (Å²) >= 11 is 0. The molecular formula is C13H16N2O. The summed E-state index contributed by atoms with van der Waals surface area (Å²) in [5.41, 5.74) is 3.39. The number of nitrogens with one attached hydrogen (secondary N) is 1. The molecule has 1 aromatic heterocycles. The number of para-hydroxylation sites is 1. The largest absolute Gasteiger partial charge is 0.330 e. The number of aromatic nitrogens is 2. The minimum atomic E-state index is -0.0735. The molecule has 0 aliphatic carbocycles. The van der Waals surface area contributed by atoms with Crippen LogP contribution in [-0.4, -0.2) is 9.55 Å². The zero-order valence-corrected chi connectivity index (χ0v) is 9.66. The van der Waals surface area contributed by atoms with Gasteiger partial charge in [0.1, 0.15) is 0 Å². The van der Waals surface area contributed by atoms with Crippen molar-refractivity contribution in [2.24, 2.45) is 0 Å². The number of hydrogen-bond donors (Lipinski definition) is 1. The highest BCUT2D eigenvalue weighted by Gasteiger charge is 2.09. The quantitative estimate of drug-likeness (QED) is 0.839. The minimum absolute atomic E-state index is 0.0735. The van der Waals surface area contributed by atoms with E-state index in [2.05, 4.69) is 37.0 Å². The fourth-order valence-corrected chi connectivity index (χ4v) is 2.02. The molecule has 2 aromatic rings. The van der Waals surface area contributed by atoms with E-state index in [0.717, 1.165) is 18.5 Å². The Balaban J connectivity index is 2.71. The van der Waals surface area contributed by atoms with Gasteiger partial charge in [-0.15, -0.1) is 0 Å². The normalized spacial score (nSPS) is 10.6. The number of imidazole rings is 1. The van der Waals surface area contributed by atoms with E-state index in [4.69, 9.17) is 0 Å². The molecule has 2 rings (SSSR count). The second-order valence-electron chi connectivity index (χ2n) is 3.77. The zero-order valence-electron chi connectivity index (χ0n) is 9.66. The van der Waals surface area contributed by atoms with Crippen LogP contribution in [0.3, 0.4) is 0 Å². The summed E-state index contributed by atoms with van der Waals surface area (Å²) in [5.74, 6) is 0. The summed E-state index contributed by atoms with van der Waals surface area (Å²) in [6.45, 7) is 4.21. The number of aryl methyl sites for hydroxylation is 2. The second kappa shape index (κ2) is 4.39. The summed E-state index contributed by atoms with van der Waals surface area (Å²) < 4.78 is 1.69. The van der Waals surface area contributed by atoms with Crippen LogP contribution in [0.1, 0.15) is 25.0 Å². The number of rotatable bonds is 3. The highest BCUT2D eigenvalue weighted by atomic mass is 16.1. The van der Waals surface area contributed by atoms with Gasteiger partial charge in [-0.3, -0.25) is 4.57 Å². The van der Waals surface area contributed by atoms with Crippen molar-refractivity contribution in [3.05, 3.63) is 52.2 Å². The van der Waals surface area contributed by atoms with Crippen LogP contribution in [0.5, 0.6) is 0 Å². The van der Waals surface area contributed by atoms with Crippen molar-refractivity contribution in [2.75, 3.05) is 0 Å². The van der Waals surface area contributed by atoms with E-state index >= 15 is 0 Å². The van der Waals surface area contributed by atoms with Crippen LogP contribution in [0.25, 0.3) is 5.69 Å². The van der Waals surface area contributed by atoms with Crippen molar-refractivity contribution in [1.82, 2.24) is 9.55 Å². The van der Waals surface area contributed by atoms with Crippen molar-refractivity contribution in [3.8, 4) is 5.69 Å². The molecule has 0 fully saturated rings. The van der Waals surface area contributed by atoms with Gasteiger partial charge in [-0.2, -0.15) is 0 Å². The van der Waals surface area contributed by atoms with Crippen LogP contribution in [0.4, 0.5) is 0 Å². The monoisotopic (exact) mass is 216 g/mol. The molecule has 0 radical (unpaired) electrons. The molecule has 84 valence electrons. The lowest BCUT2D eigenvalue weighted by atomic mass is 10.0. The maximum absolute atomic E-state index is 11.7. The molecule has 0 atom stereocenters. The Labute approximate surface area is 94.7 Å². The second-order valence-corrected chi connectivity index (χ2v) is 3.77. The Bertz CT molecular complexity index is 515. The molecular weight excluding hydrogens is 200 g/mol. The molecule has 1 aromatic carbocycles. The molecule has 3 heteroatoms. The van der Waals surface area contributed by atoms with E-state index < -0.39 is 0 Å². The molecule has 0 spiro atoms. The Morgan fingerprint density at radius 2 is 1.81 bits per heavy atom. The standard InChI is InChI=1S/C13H16N2O/c1-3-10-6-5-7-11(4-2)12(10)15-9-8-14-13(15)16/h5-9H,3-4H2,1-2H3,(H,14,16). The van der Waals surface area contributed by atoms with Crippen molar-refractivity contribution < 1.29 is 0 Å². The Morgan fingerprint density at radius 3 is 2.25 bits per heavy atom. The van der Waals surface area contributed by atoms with Gasteiger partial charge in [0.15, 0.2) is 0 Å². The first kappa shape index (κ1) is 10.7. The summed E-state index contributed by atoms with van der Waals surface area (Å²) in [4.78, 5) is 14.3. The molecule has 16 heavy (non-hydrogen) atoms. The first-order valence-electron chi connectivity index (χ1n) is 5.65. The fourth-order valence-electron chi connectivity index (χ4n) is 2.02. The lowest BCUT2D eigenvalue weighted by molar-refractivity contribution is 0.925. The molecule has 0 unspecified atom stereocenters. The van der Waals surface area contributed by atoms with Crippen molar-refractivity contribution in [2.45, 2.75) is 26.7 Å². The highest BCUT2D eigenvalue weighted by Crippen LogP contribution is 2.19. The maximum Gasteiger partial charge on any atom is 0.330 e. The van der Waals surface area contributed by atoms with Gasteiger partial charge < -0.3 is 4.98 Å². The van der Waals surface area contributed by atoms with E-state index in [-0.39, 0.29) is 5.69 Å². The number of hydrogen-bond acceptors (Lipinski definition) is 1. The molecule has 0 aliphatic rings. The highest BCUT2D eigenvalue weighted by molar-refractivity contribution is 5.48. The van der Waals surface area contributed by atoms with Crippen LogP contribution in [0, 0.1) is 0 Å². The smallest absolute Gasteiger partial charge is 0.312 e. The van der Waals surface area contributed by atoms with Gasteiger partial charge >= 0.3 is 5.69 Å².